The van der Waals surface area contributed by atoms with Crippen molar-refractivity contribution in [2.75, 3.05) is 32.9 Å². The van der Waals surface area contributed by atoms with Crippen LogP contribution in [0, 0.1) is 23.2 Å². The highest BCUT2D eigenvalue weighted by Gasteiger charge is 2.55. The number of ether oxygens (including phenoxy) is 2. The van der Waals surface area contributed by atoms with E-state index in [1.165, 1.54) is 11.8 Å². The molecule has 10 heteroatoms. The lowest BCUT2D eigenvalue weighted by molar-refractivity contribution is -0.146. The van der Waals surface area contributed by atoms with Gasteiger partial charge < -0.3 is 29.3 Å². The van der Waals surface area contributed by atoms with Crippen LogP contribution in [-0.2, 0) is 9.53 Å². The molecule has 4 bridgehead atoms. The number of hydrogen-bond acceptors (Lipinski definition) is 8. The maximum Gasteiger partial charge on any atom is 0.291 e. The van der Waals surface area contributed by atoms with Crippen molar-refractivity contribution in [3.63, 3.8) is 0 Å². The Morgan fingerprint density at radius 3 is 2.50 bits per heavy atom. The number of aliphatic hydroxyl groups is 1. The summed E-state index contributed by atoms with van der Waals surface area (Å²) in [5, 5.41) is 18.4. The van der Waals surface area contributed by atoms with E-state index in [1.807, 2.05) is 27.7 Å². The van der Waals surface area contributed by atoms with Gasteiger partial charge in [-0.2, -0.15) is 0 Å². The Labute approximate surface area is 217 Å². The standard InChI is InChI=1S/C26H39N3O6S/c1-15(2)36-21-20(22(30)27-19-17-9-16-10-18(19)13-26(32,11-16)12-17)35-28-23(21)34-14-25(3,4)24(31)29-5-7-33-8-6-29/h15-19,32H,5-14H2,1-4H3,(H,27,30). The van der Waals surface area contributed by atoms with Gasteiger partial charge in [0.1, 0.15) is 11.5 Å². The third-order valence-corrected chi connectivity index (χ3v) is 9.23. The normalized spacial score (nSPS) is 31.7. The molecule has 200 valence electrons. The van der Waals surface area contributed by atoms with Crippen LogP contribution in [-0.4, -0.2) is 76.8 Å². The summed E-state index contributed by atoms with van der Waals surface area (Å²) in [6, 6.07) is 0.0470. The van der Waals surface area contributed by atoms with E-state index >= 15 is 0 Å². The fourth-order valence-electron chi connectivity index (χ4n) is 6.78. The molecule has 1 aromatic rings. The number of rotatable bonds is 8. The van der Waals surface area contributed by atoms with Crippen molar-refractivity contribution >= 4 is 23.6 Å². The van der Waals surface area contributed by atoms with Crippen LogP contribution in [0.15, 0.2) is 9.42 Å². The fraction of sp³-hybridized carbons (Fsp3) is 0.808. The third-order valence-electron chi connectivity index (χ3n) is 8.17. The number of hydrogen-bond donors (Lipinski definition) is 2. The summed E-state index contributed by atoms with van der Waals surface area (Å²) in [5.41, 5.74) is -1.31. The smallest absolute Gasteiger partial charge is 0.291 e. The zero-order valence-electron chi connectivity index (χ0n) is 21.7. The van der Waals surface area contributed by atoms with E-state index in [0.717, 1.165) is 32.1 Å². The Kier molecular flexibility index (Phi) is 7.06. The molecule has 4 aliphatic carbocycles. The van der Waals surface area contributed by atoms with Gasteiger partial charge in [-0.1, -0.05) is 13.8 Å². The summed E-state index contributed by atoms with van der Waals surface area (Å²) in [7, 11) is 0. The molecule has 9 nitrogen and oxygen atoms in total. The highest BCUT2D eigenvalue weighted by atomic mass is 32.2. The fourth-order valence-corrected chi connectivity index (χ4v) is 7.69. The molecule has 2 N–H and O–H groups in total. The van der Waals surface area contributed by atoms with E-state index in [0.29, 0.717) is 49.0 Å². The molecule has 4 saturated carbocycles. The minimum atomic E-state index is -0.765. The molecular weight excluding hydrogens is 482 g/mol. The summed E-state index contributed by atoms with van der Waals surface area (Å²) in [5.74, 6) is 1.31. The lowest BCUT2D eigenvalue weighted by atomic mass is 9.52. The lowest BCUT2D eigenvalue weighted by Gasteiger charge is -2.58. The Bertz CT molecular complexity index is 972. The zero-order chi connectivity index (χ0) is 25.7. The first-order chi connectivity index (χ1) is 17.0. The van der Waals surface area contributed by atoms with Crippen LogP contribution in [0.4, 0.5) is 0 Å². The van der Waals surface area contributed by atoms with E-state index in [-0.39, 0.29) is 41.4 Å². The summed E-state index contributed by atoms with van der Waals surface area (Å²) in [4.78, 5) is 28.8. The van der Waals surface area contributed by atoms with E-state index in [2.05, 4.69) is 10.5 Å². The van der Waals surface area contributed by atoms with Crippen LogP contribution < -0.4 is 10.1 Å². The Hall–Kier alpha value is -1.78. The van der Waals surface area contributed by atoms with Crippen molar-refractivity contribution in [2.24, 2.45) is 23.2 Å². The van der Waals surface area contributed by atoms with Gasteiger partial charge in [0, 0.05) is 24.4 Å². The molecule has 1 aromatic heterocycles. The van der Waals surface area contributed by atoms with Gasteiger partial charge in [0.05, 0.1) is 24.2 Å². The Morgan fingerprint density at radius 1 is 1.22 bits per heavy atom. The third kappa shape index (κ3) is 5.13. The van der Waals surface area contributed by atoms with E-state index in [1.54, 1.807) is 4.90 Å². The number of carbonyl (C=O) groups is 2. The van der Waals surface area contributed by atoms with Crippen molar-refractivity contribution in [2.45, 2.75) is 81.6 Å². The van der Waals surface area contributed by atoms with Crippen LogP contribution in [0.25, 0.3) is 0 Å². The lowest BCUT2D eigenvalue weighted by Crippen LogP contribution is -2.61. The SMILES string of the molecule is CC(C)Sc1c(OCC(C)(C)C(=O)N2CCOCC2)noc1C(=O)NC1C2CC3CC1CC(O)(C3)C2. The highest BCUT2D eigenvalue weighted by Crippen LogP contribution is 2.55. The molecule has 2 amide bonds. The van der Waals surface area contributed by atoms with E-state index in [9.17, 15) is 14.7 Å². The van der Waals surface area contributed by atoms with Crippen LogP contribution in [0.3, 0.4) is 0 Å². The van der Waals surface area contributed by atoms with E-state index < -0.39 is 11.0 Å². The predicted molar refractivity (Wildman–Crippen MR) is 134 cm³/mol. The summed E-state index contributed by atoms with van der Waals surface area (Å²) < 4.78 is 16.9. The first-order valence-electron chi connectivity index (χ1n) is 13.2. The Morgan fingerprint density at radius 2 is 1.89 bits per heavy atom. The second kappa shape index (κ2) is 9.83. The number of morpholine rings is 1. The number of thioether (sulfide) groups is 1. The zero-order valence-corrected chi connectivity index (χ0v) is 22.6. The van der Waals surface area contributed by atoms with Gasteiger partial charge in [0.15, 0.2) is 0 Å². The van der Waals surface area contributed by atoms with Gasteiger partial charge in [-0.25, -0.2) is 0 Å². The van der Waals surface area contributed by atoms with Gasteiger partial charge in [0.25, 0.3) is 11.8 Å². The van der Waals surface area contributed by atoms with Crippen LogP contribution in [0.2, 0.25) is 0 Å². The first-order valence-corrected chi connectivity index (χ1v) is 14.1. The molecule has 0 radical (unpaired) electrons. The summed E-state index contributed by atoms with van der Waals surface area (Å²) >= 11 is 1.47. The molecule has 1 saturated heterocycles. The van der Waals surface area contributed by atoms with Crippen LogP contribution in [0.1, 0.15) is 70.4 Å². The molecule has 0 spiro atoms. The topological polar surface area (TPSA) is 114 Å². The Balaban J connectivity index is 1.27. The maximum atomic E-state index is 13.4. The van der Waals surface area contributed by atoms with Crippen molar-refractivity contribution in [1.29, 1.82) is 0 Å². The van der Waals surface area contributed by atoms with Crippen LogP contribution >= 0.6 is 11.8 Å². The van der Waals surface area contributed by atoms with Crippen molar-refractivity contribution < 1.29 is 28.7 Å². The molecule has 6 rings (SSSR count). The van der Waals surface area contributed by atoms with E-state index in [4.69, 9.17) is 14.0 Å². The average Bonchev–Trinajstić information content (AvgIpc) is 3.21. The quantitative estimate of drug-likeness (QED) is 0.502. The van der Waals surface area contributed by atoms with Gasteiger partial charge in [-0.15, -0.1) is 11.8 Å². The average molecular weight is 522 g/mol. The van der Waals surface area contributed by atoms with Crippen molar-refractivity contribution in [3.05, 3.63) is 5.76 Å². The maximum absolute atomic E-state index is 13.4. The molecule has 0 aromatic carbocycles. The molecule has 5 aliphatic rings. The molecule has 2 atom stereocenters. The largest absolute Gasteiger partial charge is 0.474 e. The molecule has 2 unspecified atom stereocenters. The summed E-state index contributed by atoms with van der Waals surface area (Å²) in [6.07, 6.45) is 4.55. The minimum Gasteiger partial charge on any atom is -0.474 e. The minimum absolute atomic E-state index is 0.00821. The number of nitrogens with one attached hydrogen (secondary N) is 1. The van der Waals surface area contributed by atoms with Gasteiger partial charge in [-0.3, -0.25) is 9.59 Å². The van der Waals surface area contributed by atoms with Crippen LogP contribution in [0.5, 0.6) is 5.88 Å². The van der Waals surface area contributed by atoms with Gasteiger partial charge in [-0.05, 0) is 68.9 Å². The predicted octanol–water partition coefficient (Wildman–Crippen LogP) is 3.11. The number of amides is 2. The second-order valence-electron chi connectivity index (χ2n) is 12.1. The number of nitrogens with zero attached hydrogens (tertiary/aromatic N) is 2. The molecule has 5 fully saturated rings. The van der Waals surface area contributed by atoms with Crippen molar-refractivity contribution in [1.82, 2.24) is 15.4 Å². The molecule has 36 heavy (non-hydrogen) atoms. The van der Waals surface area contributed by atoms with Crippen molar-refractivity contribution in [3.8, 4) is 5.88 Å². The molecular formula is C26H39N3O6S. The number of aromatic nitrogens is 1. The molecule has 1 aliphatic heterocycles. The van der Waals surface area contributed by atoms with Gasteiger partial charge >= 0.3 is 0 Å². The summed E-state index contributed by atoms with van der Waals surface area (Å²) in [6.45, 7) is 10.1. The molecule has 2 heterocycles. The van der Waals surface area contributed by atoms with Gasteiger partial charge in [0.2, 0.25) is 11.7 Å². The monoisotopic (exact) mass is 521 g/mol. The second-order valence-corrected chi connectivity index (χ2v) is 13.7. The number of carbonyl (C=O) groups excluding carboxylic acids is 2. The highest BCUT2D eigenvalue weighted by molar-refractivity contribution is 8.00. The first kappa shape index (κ1) is 25.9.